The first kappa shape index (κ1) is 21.0. The maximum atomic E-state index is 12.7. The summed E-state index contributed by atoms with van der Waals surface area (Å²) in [5.41, 5.74) is 5.85. The molecule has 30 heavy (non-hydrogen) atoms. The standard InChI is InChI=1S/C22H20F3N3O2/c1-14(15-6-7-17-11-20(30-2)9-8-16(17)10-15)27-28-21(29)13-26-19-5-3-4-18(12-19)22(23,24)25/h3-12,26-27H,1,13H2,2H3,(H,28,29). The Morgan fingerprint density at radius 3 is 2.47 bits per heavy atom. The van der Waals surface area contributed by atoms with Gasteiger partial charge in [0, 0.05) is 5.69 Å². The van der Waals surface area contributed by atoms with E-state index in [2.05, 4.69) is 22.7 Å². The van der Waals surface area contributed by atoms with Gasteiger partial charge in [0.25, 0.3) is 5.91 Å². The van der Waals surface area contributed by atoms with E-state index >= 15 is 0 Å². The van der Waals surface area contributed by atoms with Gasteiger partial charge in [-0.1, -0.05) is 30.8 Å². The lowest BCUT2D eigenvalue weighted by atomic mass is 10.1. The summed E-state index contributed by atoms with van der Waals surface area (Å²) in [5, 5.41) is 4.64. The van der Waals surface area contributed by atoms with E-state index in [9.17, 15) is 18.0 Å². The molecule has 0 fully saturated rings. The molecular formula is C22H20F3N3O2. The largest absolute Gasteiger partial charge is 0.497 e. The highest BCUT2D eigenvalue weighted by Gasteiger charge is 2.30. The van der Waals surface area contributed by atoms with Crippen molar-refractivity contribution in [2.24, 2.45) is 0 Å². The second-order valence-electron chi connectivity index (χ2n) is 6.51. The quantitative estimate of drug-likeness (QED) is 0.495. The molecule has 0 unspecified atom stereocenters. The maximum Gasteiger partial charge on any atom is 0.416 e. The number of hydrogen-bond donors (Lipinski definition) is 3. The van der Waals surface area contributed by atoms with Gasteiger partial charge in [-0.2, -0.15) is 13.2 Å². The van der Waals surface area contributed by atoms with Crippen molar-refractivity contribution in [3.8, 4) is 5.75 Å². The molecule has 0 saturated carbocycles. The third-order valence-corrected chi connectivity index (χ3v) is 4.39. The molecule has 0 radical (unpaired) electrons. The van der Waals surface area contributed by atoms with Crippen LogP contribution in [-0.2, 0) is 11.0 Å². The monoisotopic (exact) mass is 415 g/mol. The summed E-state index contributed by atoms with van der Waals surface area (Å²) in [7, 11) is 1.60. The predicted molar refractivity (Wildman–Crippen MR) is 111 cm³/mol. The molecule has 0 aliphatic carbocycles. The number of ether oxygens (including phenoxy) is 1. The van der Waals surface area contributed by atoms with Crippen LogP contribution in [-0.4, -0.2) is 19.6 Å². The van der Waals surface area contributed by atoms with Crippen molar-refractivity contribution >= 4 is 28.1 Å². The van der Waals surface area contributed by atoms with Crippen molar-refractivity contribution in [2.45, 2.75) is 6.18 Å². The number of rotatable bonds is 7. The van der Waals surface area contributed by atoms with Gasteiger partial charge in [-0.15, -0.1) is 0 Å². The number of benzene rings is 3. The Labute approximate surface area is 171 Å². The van der Waals surface area contributed by atoms with Crippen LogP contribution in [0.5, 0.6) is 5.75 Å². The number of carbonyl (C=O) groups is 1. The van der Waals surface area contributed by atoms with Crippen LogP contribution in [0.2, 0.25) is 0 Å². The van der Waals surface area contributed by atoms with E-state index in [1.54, 1.807) is 7.11 Å². The van der Waals surface area contributed by atoms with E-state index in [1.165, 1.54) is 12.1 Å². The maximum absolute atomic E-state index is 12.7. The fraction of sp³-hybridized carbons (Fsp3) is 0.136. The molecular weight excluding hydrogens is 395 g/mol. The van der Waals surface area contributed by atoms with E-state index in [4.69, 9.17) is 4.74 Å². The zero-order chi connectivity index (χ0) is 21.7. The third-order valence-electron chi connectivity index (χ3n) is 4.39. The lowest BCUT2D eigenvalue weighted by molar-refractivity contribution is -0.137. The minimum atomic E-state index is -4.44. The Morgan fingerprint density at radius 2 is 1.73 bits per heavy atom. The lowest BCUT2D eigenvalue weighted by Crippen LogP contribution is -2.39. The van der Waals surface area contributed by atoms with Gasteiger partial charge in [0.2, 0.25) is 0 Å². The van der Waals surface area contributed by atoms with Crippen molar-refractivity contribution in [2.75, 3.05) is 19.0 Å². The normalized spacial score (nSPS) is 11.1. The molecule has 0 spiro atoms. The second-order valence-corrected chi connectivity index (χ2v) is 6.51. The number of alkyl halides is 3. The molecule has 0 atom stereocenters. The molecule has 5 nitrogen and oxygen atoms in total. The fourth-order valence-corrected chi connectivity index (χ4v) is 2.79. The SMILES string of the molecule is C=C(NNC(=O)CNc1cccc(C(F)(F)F)c1)c1ccc2cc(OC)ccc2c1. The molecule has 3 N–H and O–H groups in total. The zero-order valence-corrected chi connectivity index (χ0v) is 16.1. The number of halogens is 3. The minimum Gasteiger partial charge on any atom is -0.497 e. The van der Waals surface area contributed by atoms with E-state index in [0.29, 0.717) is 5.70 Å². The molecule has 1 amide bonds. The molecule has 3 rings (SSSR count). The molecule has 0 heterocycles. The average molecular weight is 415 g/mol. The Kier molecular flexibility index (Phi) is 6.15. The first-order valence-electron chi connectivity index (χ1n) is 8.99. The molecule has 8 heteroatoms. The van der Waals surface area contributed by atoms with Gasteiger partial charge in [0.15, 0.2) is 0 Å². The Bertz CT molecular complexity index is 1080. The summed E-state index contributed by atoms with van der Waals surface area (Å²) in [6, 6.07) is 16.0. The fourth-order valence-electron chi connectivity index (χ4n) is 2.79. The molecule has 0 aromatic heterocycles. The molecule has 3 aromatic carbocycles. The number of hydrazine groups is 1. The zero-order valence-electron chi connectivity index (χ0n) is 16.1. The predicted octanol–water partition coefficient (Wildman–Crippen LogP) is 4.57. The lowest BCUT2D eigenvalue weighted by Gasteiger charge is -2.13. The Morgan fingerprint density at radius 1 is 1.00 bits per heavy atom. The van der Waals surface area contributed by atoms with Crippen LogP contribution in [0.15, 0.2) is 67.2 Å². The van der Waals surface area contributed by atoms with Crippen LogP contribution in [0.1, 0.15) is 11.1 Å². The number of nitrogens with one attached hydrogen (secondary N) is 3. The van der Waals surface area contributed by atoms with Crippen LogP contribution >= 0.6 is 0 Å². The summed E-state index contributed by atoms with van der Waals surface area (Å²) in [6.07, 6.45) is -4.44. The Balaban J connectivity index is 1.54. The number of fused-ring (bicyclic) bond motifs is 1. The van der Waals surface area contributed by atoms with Crippen molar-refractivity contribution in [3.63, 3.8) is 0 Å². The van der Waals surface area contributed by atoms with E-state index in [-0.39, 0.29) is 12.2 Å². The average Bonchev–Trinajstić information content (AvgIpc) is 2.74. The van der Waals surface area contributed by atoms with Gasteiger partial charge in [-0.05, 0) is 52.7 Å². The number of amides is 1. The molecule has 0 bridgehead atoms. The molecule has 0 aliphatic rings. The van der Waals surface area contributed by atoms with Crippen molar-refractivity contribution < 1.29 is 22.7 Å². The van der Waals surface area contributed by atoms with Gasteiger partial charge in [-0.25, -0.2) is 0 Å². The van der Waals surface area contributed by atoms with Crippen molar-refractivity contribution in [3.05, 3.63) is 78.4 Å². The highest BCUT2D eigenvalue weighted by Crippen LogP contribution is 2.30. The Hall–Kier alpha value is -3.68. The number of methoxy groups -OCH3 is 1. The minimum absolute atomic E-state index is 0.198. The summed E-state index contributed by atoms with van der Waals surface area (Å²) >= 11 is 0. The molecule has 156 valence electrons. The van der Waals surface area contributed by atoms with Gasteiger partial charge in [0.1, 0.15) is 5.75 Å². The highest BCUT2D eigenvalue weighted by atomic mass is 19.4. The van der Waals surface area contributed by atoms with Crippen LogP contribution in [0.3, 0.4) is 0 Å². The summed E-state index contributed by atoms with van der Waals surface area (Å²) < 4.78 is 43.4. The second kappa shape index (κ2) is 8.77. The third kappa shape index (κ3) is 5.22. The number of carbonyl (C=O) groups excluding carboxylic acids is 1. The van der Waals surface area contributed by atoms with Gasteiger partial charge < -0.3 is 10.1 Å². The summed E-state index contributed by atoms with van der Waals surface area (Å²) in [5.74, 6) is 0.298. The molecule has 0 aliphatic heterocycles. The summed E-state index contributed by atoms with van der Waals surface area (Å²) in [4.78, 5) is 12.0. The summed E-state index contributed by atoms with van der Waals surface area (Å²) in [6.45, 7) is 3.69. The van der Waals surface area contributed by atoms with E-state index < -0.39 is 17.6 Å². The number of hydrogen-bond acceptors (Lipinski definition) is 4. The van der Waals surface area contributed by atoms with Crippen molar-refractivity contribution in [1.82, 2.24) is 10.9 Å². The van der Waals surface area contributed by atoms with Crippen LogP contribution < -0.4 is 20.9 Å². The van der Waals surface area contributed by atoms with Crippen LogP contribution in [0.4, 0.5) is 18.9 Å². The van der Waals surface area contributed by atoms with Crippen molar-refractivity contribution in [1.29, 1.82) is 0 Å². The topological polar surface area (TPSA) is 62.4 Å². The van der Waals surface area contributed by atoms with Gasteiger partial charge >= 0.3 is 6.18 Å². The molecule has 0 saturated heterocycles. The number of anilines is 1. The van der Waals surface area contributed by atoms with Crippen LogP contribution in [0.25, 0.3) is 16.5 Å². The molecule has 3 aromatic rings. The van der Waals surface area contributed by atoms with Gasteiger partial charge in [0.05, 0.1) is 24.9 Å². The highest BCUT2D eigenvalue weighted by molar-refractivity contribution is 5.87. The first-order chi connectivity index (χ1) is 14.3. The van der Waals surface area contributed by atoms with E-state index in [0.717, 1.165) is 34.2 Å². The first-order valence-corrected chi connectivity index (χ1v) is 8.99. The van der Waals surface area contributed by atoms with E-state index in [1.807, 2.05) is 36.4 Å². The van der Waals surface area contributed by atoms with Crippen LogP contribution in [0, 0.1) is 0 Å². The van der Waals surface area contributed by atoms with Gasteiger partial charge in [-0.3, -0.25) is 15.6 Å². The smallest absolute Gasteiger partial charge is 0.416 e.